The van der Waals surface area contributed by atoms with Gasteiger partial charge in [0.2, 0.25) is 5.91 Å². The van der Waals surface area contributed by atoms with Crippen molar-refractivity contribution in [3.05, 3.63) is 11.6 Å². The molecule has 0 aromatic carbocycles. The van der Waals surface area contributed by atoms with Gasteiger partial charge in [-0.3, -0.25) is 9.69 Å². The van der Waals surface area contributed by atoms with Gasteiger partial charge in [-0.25, -0.2) is 0 Å². The molecule has 1 N–H and O–H groups in total. The SMILES string of the molecule is CC/C=C(/C)C(=O)NCC(C)(CC)N1CCOCC1. The third-order valence-electron chi connectivity index (χ3n) is 4.03. The number of nitrogens with zero attached hydrogens (tertiary/aromatic N) is 1. The van der Waals surface area contributed by atoms with Gasteiger partial charge < -0.3 is 10.1 Å². The highest BCUT2D eigenvalue weighted by atomic mass is 16.5. The van der Waals surface area contributed by atoms with Crippen LogP contribution in [0.5, 0.6) is 0 Å². The Bertz CT molecular complexity index is 322. The van der Waals surface area contributed by atoms with E-state index in [-0.39, 0.29) is 11.4 Å². The Morgan fingerprint density at radius 2 is 2.00 bits per heavy atom. The molecule has 4 heteroatoms. The Labute approximate surface area is 117 Å². The average Bonchev–Trinajstić information content (AvgIpc) is 2.45. The van der Waals surface area contributed by atoms with Gasteiger partial charge in [0.1, 0.15) is 0 Å². The molecule has 0 saturated carbocycles. The fourth-order valence-corrected chi connectivity index (χ4v) is 2.37. The van der Waals surface area contributed by atoms with Crippen LogP contribution in [0.3, 0.4) is 0 Å². The van der Waals surface area contributed by atoms with Crippen molar-refractivity contribution in [2.45, 2.75) is 46.1 Å². The number of hydrogen-bond acceptors (Lipinski definition) is 3. The van der Waals surface area contributed by atoms with Crippen molar-refractivity contribution in [3.63, 3.8) is 0 Å². The Hall–Kier alpha value is -0.870. The van der Waals surface area contributed by atoms with E-state index in [1.165, 1.54) is 0 Å². The summed E-state index contributed by atoms with van der Waals surface area (Å²) in [5.74, 6) is 0.0507. The van der Waals surface area contributed by atoms with E-state index in [4.69, 9.17) is 4.74 Å². The second-order valence-electron chi connectivity index (χ2n) is 5.43. The minimum atomic E-state index is 0.0198. The van der Waals surface area contributed by atoms with E-state index in [1.54, 1.807) is 0 Å². The van der Waals surface area contributed by atoms with Crippen LogP contribution in [-0.4, -0.2) is 49.2 Å². The van der Waals surface area contributed by atoms with Crippen LogP contribution in [0.25, 0.3) is 0 Å². The van der Waals surface area contributed by atoms with E-state index in [0.29, 0.717) is 6.54 Å². The summed E-state index contributed by atoms with van der Waals surface area (Å²) in [5.41, 5.74) is 0.828. The molecular formula is C15H28N2O2. The molecule has 1 rings (SSSR count). The molecule has 1 amide bonds. The molecule has 0 bridgehead atoms. The number of nitrogens with one attached hydrogen (secondary N) is 1. The number of morpholine rings is 1. The minimum absolute atomic E-state index is 0.0198. The number of ether oxygens (including phenoxy) is 1. The van der Waals surface area contributed by atoms with Crippen LogP contribution in [0, 0.1) is 0 Å². The largest absolute Gasteiger partial charge is 0.379 e. The quantitative estimate of drug-likeness (QED) is 0.749. The fourth-order valence-electron chi connectivity index (χ4n) is 2.37. The topological polar surface area (TPSA) is 41.6 Å². The zero-order valence-electron chi connectivity index (χ0n) is 12.8. The number of carbonyl (C=O) groups is 1. The normalized spacial score (nSPS) is 20.9. The highest BCUT2D eigenvalue weighted by Gasteiger charge is 2.31. The summed E-state index contributed by atoms with van der Waals surface area (Å²) in [6, 6.07) is 0. The highest BCUT2D eigenvalue weighted by Crippen LogP contribution is 2.20. The molecule has 1 atom stereocenters. The van der Waals surface area contributed by atoms with Gasteiger partial charge in [0, 0.05) is 30.7 Å². The predicted molar refractivity (Wildman–Crippen MR) is 78.1 cm³/mol. The molecule has 19 heavy (non-hydrogen) atoms. The summed E-state index contributed by atoms with van der Waals surface area (Å²) in [6.45, 7) is 12.5. The summed E-state index contributed by atoms with van der Waals surface area (Å²) < 4.78 is 5.40. The maximum Gasteiger partial charge on any atom is 0.246 e. The number of hydrogen-bond donors (Lipinski definition) is 1. The first-order valence-corrected chi connectivity index (χ1v) is 7.31. The first-order valence-electron chi connectivity index (χ1n) is 7.31. The average molecular weight is 268 g/mol. The molecule has 1 saturated heterocycles. The standard InChI is InChI=1S/C15H28N2O2/c1-5-7-13(3)14(18)16-12-15(4,6-2)17-8-10-19-11-9-17/h7H,5-6,8-12H2,1-4H3,(H,16,18)/b13-7-. The van der Waals surface area contributed by atoms with Crippen LogP contribution in [0.2, 0.25) is 0 Å². The first kappa shape index (κ1) is 16.2. The van der Waals surface area contributed by atoms with Crippen LogP contribution in [0.1, 0.15) is 40.5 Å². The third-order valence-corrected chi connectivity index (χ3v) is 4.03. The Balaban J connectivity index is 2.55. The van der Waals surface area contributed by atoms with Crippen molar-refractivity contribution in [1.29, 1.82) is 0 Å². The number of carbonyl (C=O) groups excluding carboxylic acids is 1. The Morgan fingerprint density at radius 3 is 2.53 bits per heavy atom. The Kier molecular flexibility index (Phi) is 6.52. The van der Waals surface area contributed by atoms with Crippen LogP contribution in [0.4, 0.5) is 0 Å². The van der Waals surface area contributed by atoms with E-state index < -0.39 is 0 Å². The summed E-state index contributed by atoms with van der Waals surface area (Å²) in [5, 5.41) is 3.07. The van der Waals surface area contributed by atoms with Crippen LogP contribution in [-0.2, 0) is 9.53 Å². The lowest BCUT2D eigenvalue weighted by molar-refractivity contribution is -0.118. The van der Waals surface area contributed by atoms with E-state index >= 15 is 0 Å². The lowest BCUT2D eigenvalue weighted by Crippen LogP contribution is -2.56. The van der Waals surface area contributed by atoms with Gasteiger partial charge in [-0.1, -0.05) is 19.9 Å². The molecule has 1 aliphatic heterocycles. The van der Waals surface area contributed by atoms with Crippen molar-refractivity contribution in [1.82, 2.24) is 10.2 Å². The summed E-state index contributed by atoms with van der Waals surface area (Å²) in [6.07, 6.45) is 3.88. The molecule has 1 aliphatic rings. The van der Waals surface area contributed by atoms with Gasteiger partial charge in [0.15, 0.2) is 0 Å². The lowest BCUT2D eigenvalue weighted by atomic mass is 9.95. The lowest BCUT2D eigenvalue weighted by Gasteiger charge is -2.43. The van der Waals surface area contributed by atoms with E-state index in [9.17, 15) is 4.79 Å². The monoisotopic (exact) mass is 268 g/mol. The third kappa shape index (κ3) is 4.62. The molecule has 1 fully saturated rings. The molecule has 0 spiro atoms. The molecular weight excluding hydrogens is 240 g/mol. The van der Waals surface area contributed by atoms with Crippen molar-refractivity contribution < 1.29 is 9.53 Å². The fraction of sp³-hybridized carbons (Fsp3) is 0.800. The van der Waals surface area contributed by atoms with Crippen molar-refractivity contribution in [3.8, 4) is 0 Å². The maximum absolute atomic E-state index is 12.0. The van der Waals surface area contributed by atoms with E-state index in [0.717, 1.165) is 44.7 Å². The summed E-state index contributed by atoms with van der Waals surface area (Å²) in [7, 11) is 0. The van der Waals surface area contributed by atoms with Gasteiger partial charge in [0.25, 0.3) is 0 Å². The van der Waals surface area contributed by atoms with Crippen molar-refractivity contribution in [2.75, 3.05) is 32.8 Å². The molecule has 110 valence electrons. The summed E-state index contributed by atoms with van der Waals surface area (Å²) in [4.78, 5) is 14.4. The van der Waals surface area contributed by atoms with Crippen molar-refractivity contribution >= 4 is 5.91 Å². The van der Waals surface area contributed by atoms with Gasteiger partial charge >= 0.3 is 0 Å². The van der Waals surface area contributed by atoms with E-state index in [1.807, 2.05) is 19.9 Å². The molecule has 4 nitrogen and oxygen atoms in total. The highest BCUT2D eigenvalue weighted by molar-refractivity contribution is 5.92. The van der Waals surface area contributed by atoms with Crippen molar-refractivity contribution in [2.24, 2.45) is 0 Å². The zero-order valence-corrected chi connectivity index (χ0v) is 12.8. The first-order chi connectivity index (χ1) is 9.03. The van der Waals surface area contributed by atoms with Crippen LogP contribution < -0.4 is 5.32 Å². The minimum Gasteiger partial charge on any atom is -0.379 e. The van der Waals surface area contributed by atoms with Crippen LogP contribution in [0.15, 0.2) is 11.6 Å². The molecule has 0 aromatic rings. The molecule has 1 heterocycles. The van der Waals surface area contributed by atoms with Crippen LogP contribution >= 0.6 is 0 Å². The second kappa shape index (κ2) is 7.65. The smallest absolute Gasteiger partial charge is 0.246 e. The zero-order chi connectivity index (χ0) is 14.3. The number of allylic oxidation sites excluding steroid dienone is 1. The molecule has 0 aromatic heterocycles. The van der Waals surface area contributed by atoms with E-state index in [2.05, 4.69) is 24.1 Å². The maximum atomic E-state index is 12.0. The molecule has 1 unspecified atom stereocenters. The molecule has 0 radical (unpaired) electrons. The molecule has 0 aliphatic carbocycles. The summed E-state index contributed by atoms with van der Waals surface area (Å²) >= 11 is 0. The van der Waals surface area contributed by atoms with Gasteiger partial charge in [0.05, 0.1) is 13.2 Å². The van der Waals surface area contributed by atoms with Gasteiger partial charge in [-0.05, 0) is 26.7 Å². The second-order valence-corrected chi connectivity index (χ2v) is 5.43. The van der Waals surface area contributed by atoms with Gasteiger partial charge in [-0.2, -0.15) is 0 Å². The predicted octanol–water partition coefficient (Wildman–Crippen LogP) is 1.96. The number of rotatable bonds is 6. The Morgan fingerprint density at radius 1 is 1.37 bits per heavy atom. The van der Waals surface area contributed by atoms with Gasteiger partial charge in [-0.15, -0.1) is 0 Å². The number of amides is 1.